The lowest BCUT2D eigenvalue weighted by atomic mass is 10.1. The Kier molecular flexibility index (Phi) is 3.19. The SMILES string of the molecule is CC(C)n1c(=O)n(C2CCNCC2)c2ccccc21. The summed E-state index contributed by atoms with van der Waals surface area (Å²) in [5.41, 5.74) is 2.28. The third-order valence-corrected chi connectivity index (χ3v) is 4.00. The molecule has 1 aliphatic heterocycles. The molecular weight excluding hydrogens is 238 g/mol. The Hall–Kier alpha value is -1.55. The third kappa shape index (κ3) is 2.00. The zero-order valence-corrected chi connectivity index (χ0v) is 11.6. The van der Waals surface area contributed by atoms with Crippen LogP contribution in [-0.2, 0) is 0 Å². The summed E-state index contributed by atoms with van der Waals surface area (Å²) in [4.78, 5) is 12.7. The van der Waals surface area contributed by atoms with E-state index in [9.17, 15) is 4.79 Å². The van der Waals surface area contributed by atoms with Gasteiger partial charge in [0, 0.05) is 12.1 Å². The number of para-hydroxylation sites is 2. The Morgan fingerprint density at radius 1 is 1.16 bits per heavy atom. The van der Waals surface area contributed by atoms with Crippen molar-refractivity contribution >= 4 is 11.0 Å². The Morgan fingerprint density at radius 2 is 1.79 bits per heavy atom. The molecule has 4 heteroatoms. The molecule has 0 radical (unpaired) electrons. The summed E-state index contributed by atoms with van der Waals surface area (Å²) in [6, 6.07) is 8.67. The molecule has 1 saturated heterocycles. The molecule has 0 bridgehead atoms. The molecule has 2 aromatic rings. The van der Waals surface area contributed by atoms with E-state index < -0.39 is 0 Å². The largest absolute Gasteiger partial charge is 0.329 e. The first kappa shape index (κ1) is 12.5. The standard InChI is InChI=1S/C15H21N3O/c1-11(2)17-13-5-3-4-6-14(13)18(15(17)19)12-7-9-16-10-8-12/h3-6,11-12,16H,7-10H2,1-2H3. The van der Waals surface area contributed by atoms with Gasteiger partial charge in [0.1, 0.15) is 0 Å². The molecule has 1 aliphatic rings. The Morgan fingerprint density at radius 3 is 2.42 bits per heavy atom. The molecule has 1 fully saturated rings. The summed E-state index contributed by atoms with van der Waals surface area (Å²) < 4.78 is 3.92. The van der Waals surface area contributed by atoms with Crippen molar-refractivity contribution in [3.8, 4) is 0 Å². The topological polar surface area (TPSA) is 39.0 Å². The summed E-state index contributed by atoms with van der Waals surface area (Å²) in [6.45, 7) is 6.14. The van der Waals surface area contributed by atoms with Crippen molar-refractivity contribution in [2.24, 2.45) is 0 Å². The molecule has 0 aliphatic carbocycles. The number of hydrogen-bond acceptors (Lipinski definition) is 2. The maximum atomic E-state index is 12.7. The van der Waals surface area contributed by atoms with Crippen molar-refractivity contribution < 1.29 is 0 Å². The second kappa shape index (κ2) is 4.85. The first-order valence-corrected chi connectivity index (χ1v) is 7.12. The minimum absolute atomic E-state index is 0.142. The summed E-state index contributed by atoms with van der Waals surface area (Å²) in [5, 5.41) is 3.36. The fraction of sp³-hybridized carbons (Fsp3) is 0.533. The van der Waals surface area contributed by atoms with Gasteiger partial charge in [0.15, 0.2) is 0 Å². The number of nitrogens with zero attached hydrogens (tertiary/aromatic N) is 2. The Labute approximate surface area is 113 Å². The first-order valence-electron chi connectivity index (χ1n) is 7.12. The number of fused-ring (bicyclic) bond motifs is 1. The molecule has 1 aromatic carbocycles. The zero-order chi connectivity index (χ0) is 13.4. The molecule has 0 saturated carbocycles. The number of nitrogens with one attached hydrogen (secondary N) is 1. The van der Waals surface area contributed by atoms with Crippen LogP contribution >= 0.6 is 0 Å². The quantitative estimate of drug-likeness (QED) is 0.899. The Balaban J connectivity index is 2.23. The molecular formula is C15H21N3O. The van der Waals surface area contributed by atoms with Crippen LogP contribution in [0.25, 0.3) is 11.0 Å². The summed E-state index contributed by atoms with van der Waals surface area (Å²) in [7, 11) is 0. The molecule has 4 nitrogen and oxygen atoms in total. The van der Waals surface area contributed by atoms with Crippen LogP contribution in [0.1, 0.15) is 38.8 Å². The number of imidazole rings is 1. The van der Waals surface area contributed by atoms with E-state index in [4.69, 9.17) is 0 Å². The van der Waals surface area contributed by atoms with Crippen molar-refractivity contribution in [2.45, 2.75) is 38.8 Å². The van der Waals surface area contributed by atoms with Gasteiger partial charge < -0.3 is 5.32 Å². The van der Waals surface area contributed by atoms with Crippen LogP contribution in [-0.4, -0.2) is 22.2 Å². The number of rotatable bonds is 2. The normalized spacial score (nSPS) is 17.4. The predicted octanol–water partition coefficient (Wildman–Crippen LogP) is 2.31. The number of benzene rings is 1. The maximum Gasteiger partial charge on any atom is 0.329 e. The lowest BCUT2D eigenvalue weighted by Crippen LogP contribution is -2.35. The molecule has 0 atom stereocenters. The highest BCUT2D eigenvalue weighted by atomic mass is 16.1. The van der Waals surface area contributed by atoms with E-state index in [0.29, 0.717) is 6.04 Å². The van der Waals surface area contributed by atoms with Gasteiger partial charge in [0.25, 0.3) is 0 Å². The van der Waals surface area contributed by atoms with Gasteiger partial charge in [-0.25, -0.2) is 4.79 Å². The summed E-state index contributed by atoms with van der Waals surface area (Å²) in [5.74, 6) is 0. The second-order valence-electron chi connectivity index (χ2n) is 5.59. The predicted molar refractivity (Wildman–Crippen MR) is 77.7 cm³/mol. The van der Waals surface area contributed by atoms with E-state index in [-0.39, 0.29) is 11.7 Å². The first-order chi connectivity index (χ1) is 9.20. The van der Waals surface area contributed by atoms with E-state index in [1.165, 1.54) is 0 Å². The molecule has 0 amide bonds. The average Bonchev–Trinajstić information content (AvgIpc) is 2.71. The van der Waals surface area contributed by atoms with Crippen molar-refractivity contribution in [1.82, 2.24) is 14.5 Å². The van der Waals surface area contributed by atoms with Crippen LogP contribution in [0.2, 0.25) is 0 Å². The fourth-order valence-electron chi connectivity index (χ4n) is 3.11. The Bertz CT molecular complexity index is 632. The summed E-state index contributed by atoms with van der Waals surface area (Å²) in [6.07, 6.45) is 2.07. The van der Waals surface area contributed by atoms with Gasteiger partial charge in [-0.05, 0) is 51.9 Å². The molecule has 1 N–H and O–H groups in total. The van der Waals surface area contributed by atoms with Gasteiger partial charge >= 0.3 is 5.69 Å². The molecule has 0 spiro atoms. The fourth-order valence-corrected chi connectivity index (χ4v) is 3.11. The molecule has 1 aromatic heterocycles. The lowest BCUT2D eigenvalue weighted by molar-refractivity contribution is 0.362. The van der Waals surface area contributed by atoms with Crippen LogP contribution in [0.3, 0.4) is 0 Å². The number of hydrogen-bond donors (Lipinski definition) is 1. The van der Waals surface area contributed by atoms with E-state index in [1.807, 2.05) is 27.3 Å². The third-order valence-electron chi connectivity index (χ3n) is 4.00. The van der Waals surface area contributed by atoms with Gasteiger partial charge in [-0.15, -0.1) is 0 Å². The molecule has 102 valence electrons. The number of piperidine rings is 1. The van der Waals surface area contributed by atoms with Gasteiger partial charge in [-0.1, -0.05) is 12.1 Å². The van der Waals surface area contributed by atoms with Crippen molar-refractivity contribution in [3.63, 3.8) is 0 Å². The maximum absolute atomic E-state index is 12.7. The average molecular weight is 259 g/mol. The highest BCUT2D eigenvalue weighted by Crippen LogP contribution is 2.24. The lowest BCUT2D eigenvalue weighted by Gasteiger charge is -2.23. The van der Waals surface area contributed by atoms with Crippen molar-refractivity contribution in [3.05, 3.63) is 34.7 Å². The van der Waals surface area contributed by atoms with E-state index in [0.717, 1.165) is 37.0 Å². The second-order valence-corrected chi connectivity index (χ2v) is 5.59. The molecule has 3 rings (SSSR count). The van der Waals surface area contributed by atoms with Crippen molar-refractivity contribution in [1.29, 1.82) is 0 Å². The molecule has 2 heterocycles. The van der Waals surface area contributed by atoms with E-state index in [2.05, 4.69) is 25.2 Å². The van der Waals surface area contributed by atoms with E-state index >= 15 is 0 Å². The highest BCUT2D eigenvalue weighted by Gasteiger charge is 2.22. The molecule has 19 heavy (non-hydrogen) atoms. The number of aromatic nitrogens is 2. The van der Waals surface area contributed by atoms with Gasteiger partial charge in [0.2, 0.25) is 0 Å². The minimum Gasteiger partial charge on any atom is -0.317 e. The van der Waals surface area contributed by atoms with Crippen LogP contribution in [0.4, 0.5) is 0 Å². The van der Waals surface area contributed by atoms with E-state index in [1.54, 1.807) is 0 Å². The monoisotopic (exact) mass is 259 g/mol. The van der Waals surface area contributed by atoms with Crippen LogP contribution < -0.4 is 11.0 Å². The highest BCUT2D eigenvalue weighted by molar-refractivity contribution is 5.76. The summed E-state index contributed by atoms with van der Waals surface area (Å²) >= 11 is 0. The van der Waals surface area contributed by atoms with Crippen LogP contribution in [0.15, 0.2) is 29.1 Å². The van der Waals surface area contributed by atoms with Crippen LogP contribution in [0, 0.1) is 0 Å². The smallest absolute Gasteiger partial charge is 0.317 e. The van der Waals surface area contributed by atoms with Gasteiger partial charge in [-0.2, -0.15) is 0 Å². The van der Waals surface area contributed by atoms with Gasteiger partial charge in [-0.3, -0.25) is 9.13 Å². The zero-order valence-electron chi connectivity index (χ0n) is 11.6. The van der Waals surface area contributed by atoms with Crippen molar-refractivity contribution in [2.75, 3.05) is 13.1 Å². The molecule has 0 unspecified atom stereocenters. The van der Waals surface area contributed by atoms with Crippen LogP contribution in [0.5, 0.6) is 0 Å². The van der Waals surface area contributed by atoms with Gasteiger partial charge in [0.05, 0.1) is 11.0 Å². The minimum atomic E-state index is 0.142.